The van der Waals surface area contributed by atoms with Gasteiger partial charge in [0.15, 0.2) is 0 Å². The maximum Gasteiger partial charge on any atom is 0.264 e. The summed E-state index contributed by atoms with van der Waals surface area (Å²) in [6.45, 7) is 3.65. The largest absolute Gasteiger partial charge is 0.497 e. The maximum absolute atomic E-state index is 13.1. The highest BCUT2D eigenvalue weighted by Gasteiger charge is 2.27. The van der Waals surface area contributed by atoms with Gasteiger partial charge in [0, 0.05) is 6.04 Å². The highest BCUT2D eigenvalue weighted by atomic mass is 32.2. The first-order chi connectivity index (χ1) is 12.9. The van der Waals surface area contributed by atoms with E-state index in [1.165, 1.54) is 19.2 Å². The molecule has 2 aromatic rings. The fraction of sp³-hybridized carbons (Fsp3) is 0.350. The molecule has 146 valence electrons. The number of nitrogens with zero attached hydrogens (tertiary/aromatic N) is 1. The number of ether oxygens (including phenoxy) is 1. The van der Waals surface area contributed by atoms with Crippen molar-refractivity contribution in [2.45, 2.75) is 37.6 Å². The summed E-state index contributed by atoms with van der Waals surface area (Å²) in [5.74, 6) is 0.267. The third-order valence-electron chi connectivity index (χ3n) is 4.11. The number of hydrogen-bond acceptors (Lipinski definition) is 4. The van der Waals surface area contributed by atoms with Crippen LogP contribution in [-0.4, -0.2) is 34.0 Å². The number of carbonyl (C=O) groups excluding carboxylic acids is 1. The number of sulfonamides is 1. The number of methoxy groups -OCH3 is 1. The lowest BCUT2D eigenvalue weighted by atomic mass is 10.2. The second-order valence-corrected chi connectivity index (χ2v) is 8.14. The van der Waals surface area contributed by atoms with E-state index in [2.05, 4.69) is 5.32 Å². The number of hydrogen-bond donors (Lipinski definition) is 1. The number of benzene rings is 2. The standard InChI is InChI=1S/C20H26N2O4S/c1-4-8-16(2)21-20(23)15-22(17-11-13-18(26-3)14-12-17)27(24,25)19-9-6-5-7-10-19/h5-7,9-14,16H,4,8,15H2,1-3H3,(H,21,23). The number of carbonyl (C=O) groups is 1. The van der Waals surface area contributed by atoms with E-state index < -0.39 is 10.0 Å². The Hall–Kier alpha value is -2.54. The average molecular weight is 391 g/mol. The summed E-state index contributed by atoms with van der Waals surface area (Å²) in [6.07, 6.45) is 1.77. The molecule has 1 N–H and O–H groups in total. The SMILES string of the molecule is CCCC(C)NC(=O)CN(c1ccc(OC)cc1)S(=O)(=O)c1ccccc1. The lowest BCUT2D eigenvalue weighted by molar-refractivity contribution is -0.120. The zero-order valence-electron chi connectivity index (χ0n) is 15.9. The first kappa shape index (κ1) is 20.8. The van der Waals surface area contributed by atoms with Crippen molar-refractivity contribution in [1.29, 1.82) is 0 Å². The van der Waals surface area contributed by atoms with Gasteiger partial charge in [-0.1, -0.05) is 31.5 Å². The van der Waals surface area contributed by atoms with E-state index in [9.17, 15) is 13.2 Å². The quantitative estimate of drug-likeness (QED) is 0.713. The zero-order chi connectivity index (χ0) is 19.9. The topological polar surface area (TPSA) is 75.7 Å². The van der Waals surface area contributed by atoms with Gasteiger partial charge in [0.25, 0.3) is 10.0 Å². The molecular weight excluding hydrogens is 364 g/mol. The fourth-order valence-electron chi connectivity index (χ4n) is 2.74. The van der Waals surface area contributed by atoms with Gasteiger partial charge in [-0.05, 0) is 49.7 Å². The van der Waals surface area contributed by atoms with Gasteiger partial charge in [0.1, 0.15) is 12.3 Å². The average Bonchev–Trinajstić information content (AvgIpc) is 2.67. The summed E-state index contributed by atoms with van der Waals surface area (Å²) in [6, 6.07) is 14.7. The number of rotatable bonds is 9. The normalized spacial score (nSPS) is 12.3. The first-order valence-corrected chi connectivity index (χ1v) is 10.3. The summed E-state index contributed by atoms with van der Waals surface area (Å²) in [4.78, 5) is 12.6. The number of nitrogens with one attached hydrogen (secondary N) is 1. The Bertz CT molecular complexity index is 836. The van der Waals surface area contributed by atoms with E-state index in [-0.39, 0.29) is 23.4 Å². The second-order valence-electron chi connectivity index (χ2n) is 6.28. The predicted octanol–water partition coefficient (Wildman–Crippen LogP) is 3.20. The van der Waals surface area contributed by atoms with Crippen molar-refractivity contribution in [3.8, 4) is 5.75 Å². The predicted molar refractivity (Wildman–Crippen MR) is 106 cm³/mol. The summed E-state index contributed by atoms with van der Waals surface area (Å²) < 4.78 is 32.6. The Kier molecular flexibility index (Phi) is 7.24. The van der Waals surface area contributed by atoms with E-state index in [1.807, 2.05) is 13.8 Å². The first-order valence-electron chi connectivity index (χ1n) is 8.89. The van der Waals surface area contributed by atoms with Crippen LogP contribution in [0.25, 0.3) is 0 Å². The molecule has 0 aliphatic rings. The van der Waals surface area contributed by atoms with Gasteiger partial charge in [0.2, 0.25) is 5.91 Å². The van der Waals surface area contributed by atoms with Crippen LogP contribution in [0, 0.1) is 0 Å². The van der Waals surface area contributed by atoms with E-state index in [0.29, 0.717) is 11.4 Å². The van der Waals surface area contributed by atoms with Crippen molar-refractivity contribution < 1.29 is 17.9 Å². The molecule has 0 aliphatic carbocycles. The number of anilines is 1. The Morgan fingerprint density at radius 2 is 1.74 bits per heavy atom. The second kappa shape index (κ2) is 9.41. The molecule has 1 amide bonds. The minimum atomic E-state index is -3.89. The molecule has 0 bridgehead atoms. The maximum atomic E-state index is 13.1. The minimum Gasteiger partial charge on any atom is -0.497 e. The summed E-state index contributed by atoms with van der Waals surface area (Å²) in [5.41, 5.74) is 0.401. The van der Waals surface area contributed by atoms with Gasteiger partial charge >= 0.3 is 0 Å². The third-order valence-corrected chi connectivity index (χ3v) is 5.90. The highest BCUT2D eigenvalue weighted by Crippen LogP contribution is 2.25. The molecule has 0 aromatic heterocycles. The molecule has 6 nitrogen and oxygen atoms in total. The van der Waals surface area contributed by atoms with Gasteiger partial charge in [-0.25, -0.2) is 8.42 Å². The monoisotopic (exact) mass is 390 g/mol. The van der Waals surface area contributed by atoms with Crippen LogP contribution in [0.4, 0.5) is 5.69 Å². The molecule has 1 unspecified atom stereocenters. The van der Waals surface area contributed by atoms with Crippen molar-refractivity contribution in [1.82, 2.24) is 5.32 Å². The zero-order valence-corrected chi connectivity index (χ0v) is 16.7. The molecule has 0 spiro atoms. The Balaban J connectivity index is 2.35. The van der Waals surface area contributed by atoms with E-state index in [1.54, 1.807) is 42.5 Å². The molecule has 2 aromatic carbocycles. The van der Waals surface area contributed by atoms with Crippen LogP contribution in [0.15, 0.2) is 59.5 Å². The summed E-state index contributed by atoms with van der Waals surface area (Å²) in [7, 11) is -2.35. The highest BCUT2D eigenvalue weighted by molar-refractivity contribution is 7.92. The van der Waals surface area contributed by atoms with Crippen LogP contribution in [0.5, 0.6) is 5.75 Å². The van der Waals surface area contributed by atoms with Gasteiger partial charge < -0.3 is 10.1 Å². The summed E-state index contributed by atoms with van der Waals surface area (Å²) >= 11 is 0. The van der Waals surface area contributed by atoms with Gasteiger partial charge in [0.05, 0.1) is 17.7 Å². The molecule has 0 saturated heterocycles. The number of amides is 1. The summed E-state index contributed by atoms with van der Waals surface area (Å²) in [5, 5.41) is 2.86. The van der Waals surface area contributed by atoms with Crippen molar-refractivity contribution in [3.63, 3.8) is 0 Å². The lowest BCUT2D eigenvalue weighted by Crippen LogP contribution is -2.43. The molecule has 2 rings (SSSR count). The lowest BCUT2D eigenvalue weighted by Gasteiger charge is -2.25. The van der Waals surface area contributed by atoms with Crippen molar-refractivity contribution in [2.24, 2.45) is 0 Å². The fourth-order valence-corrected chi connectivity index (χ4v) is 4.18. The molecule has 0 aliphatic heterocycles. The van der Waals surface area contributed by atoms with Crippen LogP contribution in [0.3, 0.4) is 0 Å². The molecule has 0 radical (unpaired) electrons. The molecule has 0 saturated carbocycles. The molecule has 7 heteroatoms. The molecular formula is C20H26N2O4S. The third kappa shape index (κ3) is 5.47. The molecule has 0 heterocycles. The smallest absolute Gasteiger partial charge is 0.264 e. The van der Waals surface area contributed by atoms with Crippen LogP contribution < -0.4 is 14.4 Å². The van der Waals surface area contributed by atoms with E-state index in [4.69, 9.17) is 4.74 Å². The van der Waals surface area contributed by atoms with Crippen LogP contribution >= 0.6 is 0 Å². The van der Waals surface area contributed by atoms with Gasteiger partial charge in [-0.3, -0.25) is 9.10 Å². The van der Waals surface area contributed by atoms with E-state index in [0.717, 1.165) is 17.1 Å². The van der Waals surface area contributed by atoms with Crippen LogP contribution in [0.1, 0.15) is 26.7 Å². The van der Waals surface area contributed by atoms with Crippen LogP contribution in [0.2, 0.25) is 0 Å². The van der Waals surface area contributed by atoms with E-state index >= 15 is 0 Å². The Labute approximate surface area is 161 Å². The Morgan fingerprint density at radius 3 is 2.30 bits per heavy atom. The van der Waals surface area contributed by atoms with Gasteiger partial charge in [-0.2, -0.15) is 0 Å². The molecule has 1 atom stereocenters. The molecule has 27 heavy (non-hydrogen) atoms. The molecule has 0 fully saturated rings. The van der Waals surface area contributed by atoms with Crippen molar-refractivity contribution >= 4 is 21.6 Å². The van der Waals surface area contributed by atoms with Crippen LogP contribution in [-0.2, 0) is 14.8 Å². The van der Waals surface area contributed by atoms with Gasteiger partial charge in [-0.15, -0.1) is 0 Å². The minimum absolute atomic E-state index is 0.0142. The van der Waals surface area contributed by atoms with Crippen molar-refractivity contribution in [2.75, 3.05) is 18.0 Å². The Morgan fingerprint density at radius 1 is 1.11 bits per heavy atom. The van der Waals surface area contributed by atoms with Crippen molar-refractivity contribution in [3.05, 3.63) is 54.6 Å².